The molecule has 0 aliphatic rings. The number of hydrogen-bond acceptors (Lipinski definition) is 4. The smallest absolute Gasteiger partial charge is 0.326 e. The number of carbonyl (C=O) groups is 1. The molecule has 0 amide bonds. The number of nitrogens with zero attached hydrogens (tertiary/aromatic N) is 1. The molecule has 1 heterocycles. The van der Waals surface area contributed by atoms with E-state index < -0.39 is 12.0 Å². The van der Waals surface area contributed by atoms with Gasteiger partial charge in [0, 0.05) is 11.8 Å². The largest absolute Gasteiger partial charge is 0.480 e. The summed E-state index contributed by atoms with van der Waals surface area (Å²) in [6.07, 6.45) is 0.706. The third-order valence-electron chi connectivity index (χ3n) is 2.35. The van der Waals surface area contributed by atoms with Crippen molar-refractivity contribution in [3.63, 3.8) is 0 Å². The van der Waals surface area contributed by atoms with Gasteiger partial charge < -0.3 is 10.8 Å². The van der Waals surface area contributed by atoms with Crippen LogP contribution in [0.15, 0.2) is 35.7 Å². The van der Waals surface area contributed by atoms with Crippen LogP contribution in [-0.2, 0) is 11.2 Å². The first-order valence-corrected chi connectivity index (χ1v) is 6.01. The highest BCUT2D eigenvalue weighted by molar-refractivity contribution is 7.09. The highest BCUT2D eigenvalue weighted by Gasteiger charge is 2.17. The van der Waals surface area contributed by atoms with Crippen molar-refractivity contribution in [1.82, 2.24) is 4.98 Å². The molecule has 0 saturated heterocycles. The summed E-state index contributed by atoms with van der Waals surface area (Å²) in [7, 11) is 0. The molecule has 1 unspecified atom stereocenters. The van der Waals surface area contributed by atoms with Crippen LogP contribution in [0.2, 0.25) is 0 Å². The zero-order chi connectivity index (χ0) is 12.3. The summed E-state index contributed by atoms with van der Waals surface area (Å²) in [4.78, 5) is 14.9. The predicted molar refractivity (Wildman–Crippen MR) is 65.9 cm³/mol. The number of carboxylic acids is 1. The Morgan fingerprint density at radius 2 is 2.12 bits per heavy atom. The molecule has 2 aromatic rings. The maximum Gasteiger partial charge on any atom is 0.326 e. The number of benzene rings is 1. The Morgan fingerprint density at radius 3 is 2.76 bits per heavy atom. The normalized spacial score (nSPS) is 12.3. The van der Waals surface area contributed by atoms with Crippen molar-refractivity contribution in [3.05, 3.63) is 52.0 Å². The molecule has 0 aliphatic carbocycles. The van der Waals surface area contributed by atoms with Gasteiger partial charge in [-0.2, -0.15) is 0 Å². The molecule has 4 nitrogen and oxygen atoms in total. The third-order valence-corrected chi connectivity index (χ3v) is 3.22. The number of aromatic nitrogens is 1. The number of thiazole rings is 1. The summed E-state index contributed by atoms with van der Waals surface area (Å²) in [5, 5.41) is 11.4. The number of rotatable bonds is 4. The summed E-state index contributed by atoms with van der Waals surface area (Å²) >= 11 is 1.44. The average molecular weight is 248 g/mol. The minimum atomic E-state index is -1.05. The maximum atomic E-state index is 10.7. The standard InChI is InChI=1S/C12H12N2O2S/c13-11(12(15)16)9-7-17-10(14-9)6-8-4-2-1-3-5-8/h1-5,7,11H,6,13H2,(H,15,16). The van der Waals surface area contributed by atoms with Crippen LogP contribution in [0.5, 0.6) is 0 Å². The molecule has 3 N–H and O–H groups in total. The van der Waals surface area contributed by atoms with Crippen molar-refractivity contribution in [3.8, 4) is 0 Å². The lowest BCUT2D eigenvalue weighted by atomic mass is 10.2. The Bertz CT molecular complexity index is 510. The first kappa shape index (κ1) is 11.8. The van der Waals surface area contributed by atoms with Crippen LogP contribution in [0.3, 0.4) is 0 Å². The Kier molecular flexibility index (Phi) is 3.51. The lowest BCUT2D eigenvalue weighted by Gasteiger charge is -2.00. The molecule has 0 bridgehead atoms. The summed E-state index contributed by atoms with van der Waals surface area (Å²) in [6.45, 7) is 0. The van der Waals surface area contributed by atoms with E-state index in [1.54, 1.807) is 5.38 Å². The minimum absolute atomic E-state index is 0.424. The quantitative estimate of drug-likeness (QED) is 0.865. The zero-order valence-corrected chi connectivity index (χ0v) is 9.85. The van der Waals surface area contributed by atoms with E-state index in [2.05, 4.69) is 4.98 Å². The van der Waals surface area contributed by atoms with Gasteiger partial charge in [0.15, 0.2) is 0 Å². The molecule has 0 spiro atoms. The molecule has 88 valence electrons. The number of hydrogen-bond donors (Lipinski definition) is 2. The Hall–Kier alpha value is -1.72. The van der Waals surface area contributed by atoms with Gasteiger partial charge in [0.25, 0.3) is 0 Å². The summed E-state index contributed by atoms with van der Waals surface area (Å²) in [6, 6.07) is 8.88. The van der Waals surface area contributed by atoms with Gasteiger partial charge in [-0.25, -0.2) is 4.98 Å². The molecular weight excluding hydrogens is 236 g/mol. The second kappa shape index (κ2) is 5.07. The third kappa shape index (κ3) is 2.89. The highest BCUT2D eigenvalue weighted by atomic mass is 32.1. The molecule has 1 aromatic heterocycles. The van der Waals surface area contributed by atoms with Gasteiger partial charge >= 0.3 is 5.97 Å². The molecule has 5 heteroatoms. The van der Waals surface area contributed by atoms with Gasteiger partial charge in [0.05, 0.1) is 10.7 Å². The molecule has 0 saturated carbocycles. The van der Waals surface area contributed by atoms with Crippen LogP contribution in [0.25, 0.3) is 0 Å². The Morgan fingerprint density at radius 1 is 1.41 bits per heavy atom. The first-order chi connectivity index (χ1) is 8.16. The van der Waals surface area contributed by atoms with E-state index in [4.69, 9.17) is 10.8 Å². The minimum Gasteiger partial charge on any atom is -0.480 e. The Balaban J connectivity index is 2.11. The van der Waals surface area contributed by atoms with E-state index in [-0.39, 0.29) is 0 Å². The van der Waals surface area contributed by atoms with Crippen molar-refractivity contribution in [2.45, 2.75) is 12.5 Å². The molecule has 17 heavy (non-hydrogen) atoms. The SMILES string of the molecule is NC(C(=O)O)c1csc(Cc2ccccc2)n1. The van der Waals surface area contributed by atoms with Crippen molar-refractivity contribution >= 4 is 17.3 Å². The second-order valence-corrected chi connectivity index (χ2v) is 4.59. The summed E-state index contributed by atoms with van der Waals surface area (Å²) in [5.41, 5.74) is 7.06. The van der Waals surface area contributed by atoms with Gasteiger partial charge in [-0.15, -0.1) is 11.3 Å². The van der Waals surface area contributed by atoms with Crippen molar-refractivity contribution in [1.29, 1.82) is 0 Å². The van der Waals surface area contributed by atoms with Gasteiger partial charge in [0.1, 0.15) is 6.04 Å². The van der Waals surface area contributed by atoms with Crippen LogP contribution in [0.4, 0.5) is 0 Å². The number of nitrogens with two attached hydrogens (primary N) is 1. The van der Waals surface area contributed by atoms with Gasteiger partial charge in [-0.3, -0.25) is 4.79 Å². The van der Waals surface area contributed by atoms with E-state index >= 15 is 0 Å². The maximum absolute atomic E-state index is 10.7. The zero-order valence-electron chi connectivity index (χ0n) is 9.04. The van der Waals surface area contributed by atoms with Crippen LogP contribution in [-0.4, -0.2) is 16.1 Å². The molecule has 1 aromatic carbocycles. The molecular formula is C12H12N2O2S. The fourth-order valence-electron chi connectivity index (χ4n) is 1.45. The molecule has 0 aliphatic heterocycles. The van der Waals surface area contributed by atoms with Crippen LogP contribution in [0, 0.1) is 0 Å². The average Bonchev–Trinajstić information content (AvgIpc) is 2.77. The topological polar surface area (TPSA) is 76.2 Å². The second-order valence-electron chi connectivity index (χ2n) is 3.64. The Labute approximate surface area is 103 Å². The van der Waals surface area contributed by atoms with Crippen LogP contribution < -0.4 is 5.73 Å². The van der Waals surface area contributed by atoms with E-state index in [1.165, 1.54) is 11.3 Å². The fraction of sp³-hybridized carbons (Fsp3) is 0.167. The van der Waals surface area contributed by atoms with E-state index in [0.29, 0.717) is 12.1 Å². The van der Waals surface area contributed by atoms with Gasteiger partial charge in [-0.05, 0) is 5.56 Å². The predicted octanol–water partition coefficient (Wildman–Crippen LogP) is 1.82. The summed E-state index contributed by atoms with van der Waals surface area (Å²) < 4.78 is 0. The highest BCUT2D eigenvalue weighted by Crippen LogP contribution is 2.18. The van der Waals surface area contributed by atoms with Crippen molar-refractivity contribution in [2.24, 2.45) is 5.73 Å². The van der Waals surface area contributed by atoms with Crippen molar-refractivity contribution < 1.29 is 9.90 Å². The van der Waals surface area contributed by atoms with E-state index in [0.717, 1.165) is 10.6 Å². The number of carboxylic acid groups (broad SMARTS) is 1. The lowest BCUT2D eigenvalue weighted by molar-refractivity contribution is -0.138. The monoisotopic (exact) mass is 248 g/mol. The van der Waals surface area contributed by atoms with E-state index in [9.17, 15) is 4.79 Å². The fourth-order valence-corrected chi connectivity index (χ4v) is 2.31. The molecule has 1 atom stereocenters. The van der Waals surface area contributed by atoms with E-state index in [1.807, 2.05) is 30.3 Å². The van der Waals surface area contributed by atoms with Crippen molar-refractivity contribution in [2.75, 3.05) is 0 Å². The lowest BCUT2D eigenvalue weighted by Crippen LogP contribution is -2.20. The molecule has 0 fully saturated rings. The van der Waals surface area contributed by atoms with Crippen LogP contribution in [0.1, 0.15) is 22.3 Å². The van der Waals surface area contributed by atoms with Gasteiger partial charge in [-0.1, -0.05) is 30.3 Å². The number of aliphatic carboxylic acids is 1. The first-order valence-electron chi connectivity index (χ1n) is 5.13. The van der Waals surface area contributed by atoms with Gasteiger partial charge in [0.2, 0.25) is 0 Å². The van der Waals surface area contributed by atoms with Crippen LogP contribution >= 0.6 is 11.3 Å². The molecule has 0 radical (unpaired) electrons. The summed E-state index contributed by atoms with van der Waals surface area (Å²) in [5.74, 6) is -1.05. The molecule has 2 rings (SSSR count).